The summed E-state index contributed by atoms with van der Waals surface area (Å²) < 4.78 is 28.4. The van der Waals surface area contributed by atoms with Crippen LogP contribution >= 0.6 is 0 Å². The molecule has 5 nitrogen and oxygen atoms in total. The van der Waals surface area contributed by atoms with Crippen LogP contribution in [0.2, 0.25) is 0 Å². The summed E-state index contributed by atoms with van der Waals surface area (Å²) in [5, 5.41) is 10.2. The zero-order chi connectivity index (χ0) is 19.4. The molecule has 0 heterocycles. The van der Waals surface area contributed by atoms with Gasteiger partial charge in [0.05, 0.1) is 4.90 Å². The molecule has 0 aliphatic heterocycles. The van der Waals surface area contributed by atoms with E-state index in [1.807, 2.05) is 44.2 Å². The average molecular weight is 385 g/mol. The fraction of sp³-hybridized carbons (Fsp3) is 0.381. The SMILES string of the molecule is Cc1ccc(S(=O)(=O)N(Cc2ccccc2)[C@]23C[C@H]2[C@@H](C)[C@H](O)C3=O)cc1. The summed E-state index contributed by atoms with van der Waals surface area (Å²) in [6.07, 6.45) is -0.627. The second-order valence-electron chi connectivity index (χ2n) is 7.71. The minimum Gasteiger partial charge on any atom is -0.385 e. The standard InChI is InChI=1S/C21H23NO4S/c1-14-8-10-17(11-9-14)27(25,26)22(13-16-6-4-3-5-7-16)21-12-18(21)15(2)19(23)20(21)24/h3-11,15,18-19,23H,12-13H2,1-2H3/t15-,18+,19+,21-/m1/s1. The Kier molecular flexibility index (Phi) is 4.25. The van der Waals surface area contributed by atoms with E-state index in [-0.39, 0.29) is 29.1 Å². The van der Waals surface area contributed by atoms with Gasteiger partial charge in [0.25, 0.3) is 0 Å². The minimum absolute atomic E-state index is 0.110. The predicted octanol–water partition coefficient (Wildman–Crippen LogP) is 2.52. The Hall–Kier alpha value is -2.02. The molecule has 142 valence electrons. The molecule has 2 aromatic carbocycles. The number of ketones is 1. The van der Waals surface area contributed by atoms with E-state index in [1.54, 1.807) is 24.3 Å². The van der Waals surface area contributed by atoms with Crippen molar-refractivity contribution in [1.29, 1.82) is 0 Å². The monoisotopic (exact) mass is 385 g/mol. The second kappa shape index (κ2) is 6.26. The number of hydrogen-bond acceptors (Lipinski definition) is 4. The lowest BCUT2D eigenvalue weighted by Crippen LogP contribution is -2.48. The van der Waals surface area contributed by atoms with Gasteiger partial charge in [0.15, 0.2) is 5.78 Å². The van der Waals surface area contributed by atoms with E-state index in [0.29, 0.717) is 6.42 Å². The molecule has 2 aromatic rings. The molecule has 0 radical (unpaired) electrons. The molecule has 0 amide bonds. The Bertz CT molecular complexity index is 971. The van der Waals surface area contributed by atoms with Gasteiger partial charge in [0.1, 0.15) is 11.6 Å². The molecule has 4 atom stereocenters. The van der Waals surface area contributed by atoms with Crippen LogP contribution in [0.5, 0.6) is 0 Å². The van der Waals surface area contributed by atoms with Crippen LogP contribution in [0.25, 0.3) is 0 Å². The number of Topliss-reactive ketones (excluding diaryl/α,β-unsaturated/α-hetero) is 1. The van der Waals surface area contributed by atoms with Crippen LogP contribution in [0.15, 0.2) is 59.5 Å². The van der Waals surface area contributed by atoms with Crippen molar-refractivity contribution in [3.63, 3.8) is 0 Å². The molecule has 2 saturated carbocycles. The van der Waals surface area contributed by atoms with Gasteiger partial charge in [-0.2, -0.15) is 4.31 Å². The molecule has 0 unspecified atom stereocenters. The quantitative estimate of drug-likeness (QED) is 0.858. The number of sulfonamides is 1. The smallest absolute Gasteiger partial charge is 0.244 e. The van der Waals surface area contributed by atoms with Gasteiger partial charge in [-0.25, -0.2) is 8.42 Å². The summed E-state index contributed by atoms with van der Waals surface area (Å²) >= 11 is 0. The Morgan fingerprint density at radius 1 is 1.11 bits per heavy atom. The maximum Gasteiger partial charge on any atom is 0.244 e. The summed E-state index contributed by atoms with van der Waals surface area (Å²) in [5.41, 5.74) is 0.653. The van der Waals surface area contributed by atoms with E-state index in [1.165, 1.54) is 4.31 Å². The number of aliphatic hydroxyl groups is 1. The highest BCUT2D eigenvalue weighted by Gasteiger charge is 2.74. The molecule has 2 fully saturated rings. The van der Waals surface area contributed by atoms with Crippen molar-refractivity contribution in [2.45, 2.75) is 43.4 Å². The summed E-state index contributed by atoms with van der Waals surface area (Å²) in [6, 6.07) is 15.9. The molecular weight excluding hydrogens is 362 g/mol. The van der Waals surface area contributed by atoms with Crippen molar-refractivity contribution in [3.8, 4) is 0 Å². The normalized spacial score (nSPS) is 29.8. The van der Waals surface area contributed by atoms with Crippen LogP contribution < -0.4 is 0 Å². The third-order valence-corrected chi connectivity index (χ3v) is 7.94. The number of aryl methyl sites for hydroxylation is 1. The highest BCUT2D eigenvalue weighted by atomic mass is 32.2. The topological polar surface area (TPSA) is 74.7 Å². The molecule has 0 aromatic heterocycles. The van der Waals surface area contributed by atoms with Crippen molar-refractivity contribution in [2.75, 3.05) is 0 Å². The van der Waals surface area contributed by atoms with E-state index in [9.17, 15) is 18.3 Å². The maximum atomic E-state index is 13.5. The Morgan fingerprint density at radius 2 is 1.74 bits per heavy atom. The average Bonchev–Trinajstić information content (AvgIpc) is 3.37. The van der Waals surface area contributed by atoms with Gasteiger partial charge in [-0.05, 0) is 42.9 Å². The molecule has 0 saturated heterocycles. The lowest BCUT2D eigenvalue weighted by molar-refractivity contribution is -0.131. The van der Waals surface area contributed by atoms with E-state index >= 15 is 0 Å². The van der Waals surface area contributed by atoms with Crippen molar-refractivity contribution < 1.29 is 18.3 Å². The minimum atomic E-state index is -3.89. The predicted molar refractivity (Wildman–Crippen MR) is 101 cm³/mol. The fourth-order valence-corrected chi connectivity index (χ4v) is 6.11. The number of benzene rings is 2. The molecule has 2 aliphatic carbocycles. The number of rotatable bonds is 5. The van der Waals surface area contributed by atoms with Gasteiger partial charge in [-0.15, -0.1) is 0 Å². The second-order valence-corrected chi connectivity index (χ2v) is 9.58. The van der Waals surface area contributed by atoms with E-state index < -0.39 is 21.7 Å². The number of aliphatic hydroxyl groups excluding tert-OH is 1. The zero-order valence-corrected chi connectivity index (χ0v) is 16.2. The van der Waals surface area contributed by atoms with Gasteiger partial charge in [0, 0.05) is 6.54 Å². The summed E-state index contributed by atoms with van der Waals surface area (Å²) in [4.78, 5) is 13.1. The first-order valence-corrected chi connectivity index (χ1v) is 10.6. The number of fused-ring (bicyclic) bond motifs is 1. The molecule has 0 spiro atoms. The number of carbonyl (C=O) groups excluding carboxylic acids is 1. The zero-order valence-electron chi connectivity index (χ0n) is 15.4. The third kappa shape index (κ3) is 2.74. The first kappa shape index (κ1) is 18.3. The van der Waals surface area contributed by atoms with Crippen molar-refractivity contribution in [3.05, 3.63) is 65.7 Å². The molecule has 1 N–H and O–H groups in total. The van der Waals surface area contributed by atoms with E-state index in [0.717, 1.165) is 11.1 Å². The number of nitrogens with zero attached hydrogens (tertiary/aromatic N) is 1. The van der Waals surface area contributed by atoms with Crippen LogP contribution in [-0.2, 0) is 21.4 Å². The van der Waals surface area contributed by atoms with E-state index in [2.05, 4.69) is 0 Å². The summed E-state index contributed by atoms with van der Waals surface area (Å²) in [6.45, 7) is 3.83. The Labute approximate surface area is 159 Å². The largest absolute Gasteiger partial charge is 0.385 e. The third-order valence-electron chi connectivity index (χ3n) is 6.04. The Balaban J connectivity index is 1.80. The van der Waals surface area contributed by atoms with Gasteiger partial charge < -0.3 is 5.11 Å². The highest BCUT2D eigenvalue weighted by molar-refractivity contribution is 7.89. The first-order valence-electron chi connectivity index (χ1n) is 9.14. The molecule has 2 aliphatic rings. The number of hydrogen-bond donors (Lipinski definition) is 1. The Morgan fingerprint density at radius 3 is 2.30 bits per heavy atom. The molecule has 4 rings (SSSR count). The first-order chi connectivity index (χ1) is 12.8. The molecule has 6 heteroatoms. The van der Waals surface area contributed by atoms with Crippen LogP contribution in [0.1, 0.15) is 24.5 Å². The van der Waals surface area contributed by atoms with Crippen molar-refractivity contribution in [2.24, 2.45) is 11.8 Å². The van der Waals surface area contributed by atoms with Gasteiger partial charge in [-0.1, -0.05) is 55.0 Å². The highest BCUT2D eigenvalue weighted by Crippen LogP contribution is 2.61. The number of carbonyl (C=O) groups is 1. The lowest BCUT2D eigenvalue weighted by atomic mass is 10.0. The van der Waals surface area contributed by atoms with E-state index in [4.69, 9.17) is 0 Å². The fourth-order valence-electron chi connectivity index (χ4n) is 4.33. The van der Waals surface area contributed by atoms with Crippen LogP contribution in [0.3, 0.4) is 0 Å². The van der Waals surface area contributed by atoms with Gasteiger partial charge in [0.2, 0.25) is 10.0 Å². The van der Waals surface area contributed by atoms with Gasteiger partial charge in [-0.3, -0.25) is 4.79 Å². The molecular formula is C21H23NO4S. The van der Waals surface area contributed by atoms with Crippen LogP contribution in [-0.4, -0.2) is 35.3 Å². The van der Waals surface area contributed by atoms with Crippen LogP contribution in [0, 0.1) is 18.8 Å². The summed E-state index contributed by atoms with van der Waals surface area (Å²) in [5.74, 6) is -0.737. The van der Waals surface area contributed by atoms with Gasteiger partial charge >= 0.3 is 0 Å². The van der Waals surface area contributed by atoms with Crippen molar-refractivity contribution >= 4 is 15.8 Å². The van der Waals surface area contributed by atoms with Crippen molar-refractivity contribution in [1.82, 2.24) is 4.31 Å². The molecule has 0 bridgehead atoms. The summed E-state index contributed by atoms with van der Waals surface area (Å²) in [7, 11) is -3.89. The lowest BCUT2D eigenvalue weighted by Gasteiger charge is -2.29. The maximum absolute atomic E-state index is 13.5. The van der Waals surface area contributed by atoms with Crippen LogP contribution in [0.4, 0.5) is 0 Å². The molecule has 27 heavy (non-hydrogen) atoms.